The highest BCUT2D eigenvalue weighted by Crippen LogP contribution is 2.10. The molecule has 1 aromatic carbocycles. The Morgan fingerprint density at radius 3 is 2.79 bits per heavy atom. The molecule has 2 N–H and O–H groups in total. The molecule has 0 aromatic heterocycles. The highest BCUT2D eigenvalue weighted by molar-refractivity contribution is 14.0. The molecule has 0 aliphatic carbocycles. The summed E-state index contributed by atoms with van der Waals surface area (Å²) in [5.74, 6) is 0.628. The highest BCUT2D eigenvalue weighted by Gasteiger charge is 2.04. The van der Waals surface area contributed by atoms with Gasteiger partial charge in [-0.1, -0.05) is 29.8 Å². The molecule has 0 spiro atoms. The zero-order valence-electron chi connectivity index (χ0n) is 14.2. The van der Waals surface area contributed by atoms with Gasteiger partial charge in [0.05, 0.1) is 13.2 Å². The summed E-state index contributed by atoms with van der Waals surface area (Å²) in [5.41, 5.74) is 2.14. The van der Waals surface area contributed by atoms with Gasteiger partial charge in [-0.2, -0.15) is 0 Å². The minimum atomic E-state index is -0.160. The van der Waals surface area contributed by atoms with Crippen molar-refractivity contribution < 1.29 is 9.13 Å². The standard InChI is InChI=1S/C18H26FN3O.HI/c1-2-20-18(21-11-7-15-9-13-23-14-10-15)22-12-8-16-5-3-4-6-17(16)19;/h3-6,9H,2,7-8,10-14H2,1H3,(H2,20,21,22);1H. The van der Waals surface area contributed by atoms with Crippen LogP contribution in [0.5, 0.6) is 0 Å². The first-order chi connectivity index (χ1) is 11.3. The maximum absolute atomic E-state index is 13.6. The van der Waals surface area contributed by atoms with Crippen molar-refractivity contribution in [2.24, 2.45) is 4.99 Å². The van der Waals surface area contributed by atoms with Gasteiger partial charge in [-0.25, -0.2) is 4.39 Å². The molecule has 1 heterocycles. The van der Waals surface area contributed by atoms with Gasteiger partial charge in [0, 0.05) is 19.6 Å². The van der Waals surface area contributed by atoms with Crippen LogP contribution < -0.4 is 10.6 Å². The molecule has 24 heavy (non-hydrogen) atoms. The number of benzene rings is 1. The van der Waals surface area contributed by atoms with Gasteiger partial charge in [0.1, 0.15) is 5.82 Å². The third kappa shape index (κ3) is 7.61. The van der Waals surface area contributed by atoms with Crippen LogP contribution >= 0.6 is 24.0 Å². The number of halogens is 2. The van der Waals surface area contributed by atoms with Gasteiger partial charge >= 0.3 is 0 Å². The Labute approximate surface area is 161 Å². The lowest BCUT2D eigenvalue weighted by Gasteiger charge is -2.15. The number of nitrogens with zero attached hydrogens (tertiary/aromatic N) is 1. The fraction of sp³-hybridized carbons (Fsp3) is 0.500. The quantitative estimate of drug-likeness (QED) is 0.292. The van der Waals surface area contributed by atoms with E-state index in [4.69, 9.17) is 4.74 Å². The molecule has 0 bridgehead atoms. The maximum atomic E-state index is 13.6. The molecule has 2 rings (SSSR count). The van der Waals surface area contributed by atoms with Crippen molar-refractivity contribution in [3.8, 4) is 0 Å². The minimum absolute atomic E-state index is 0. The molecule has 0 radical (unpaired) electrons. The van der Waals surface area contributed by atoms with E-state index >= 15 is 0 Å². The molecule has 1 aromatic rings. The van der Waals surface area contributed by atoms with Gasteiger partial charge in [-0.15, -0.1) is 24.0 Å². The van der Waals surface area contributed by atoms with Crippen LogP contribution in [0.15, 0.2) is 40.9 Å². The second-order valence-corrected chi connectivity index (χ2v) is 5.47. The van der Waals surface area contributed by atoms with Crippen LogP contribution in [-0.2, 0) is 11.2 Å². The molecular weight excluding hydrogens is 420 g/mol. The van der Waals surface area contributed by atoms with Gasteiger partial charge in [-0.05, 0) is 37.8 Å². The lowest BCUT2D eigenvalue weighted by atomic mass is 10.1. The van der Waals surface area contributed by atoms with Crippen molar-refractivity contribution in [2.75, 3.05) is 32.8 Å². The number of ether oxygens (including phenoxy) is 1. The Bertz CT molecular complexity index is 549. The SMILES string of the molecule is CCNC(=NCCc1ccccc1F)NCCC1=CCOCC1.I. The number of aliphatic imine (C=N–C) groups is 1. The summed E-state index contributed by atoms with van der Waals surface area (Å²) in [5, 5.41) is 6.55. The molecule has 0 saturated carbocycles. The van der Waals surface area contributed by atoms with Crippen molar-refractivity contribution in [3.63, 3.8) is 0 Å². The first-order valence-electron chi connectivity index (χ1n) is 8.31. The zero-order chi connectivity index (χ0) is 16.3. The third-order valence-electron chi connectivity index (χ3n) is 3.75. The molecule has 1 aliphatic rings. The molecule has 6 heteroatoms. The first-order valence-corrected chi connectivity index (χ1v) is 8.31. The van der Waals surface area contributed by atoms with Crippen molar-refractivity contribution in [1.29, 1.82) is 0 Å². The summed E-state index contributed by atoms with van der Waals surface area (Å²) in [6, 6.07) is 6.86. The summed E-state index contributed by atoms with van der Waals surface area (Å²) in [4.78, 5) is 4.52. The smallest absolute Gasteiger partial charge is 0.191 e. The number of rotatable bonds is 7. The van der Waals surface area contributed by atoms with Crippen molar-refractivity contribution in [1.82, 2.24) is 10.6 Å². The van der Waals surface area contributed by atoms with Gasteiger partial charge in [0.2, 0.25) is 0 Å². The molecule has 0 atom stereocenters. The van der Waals surface area contributed by atoms with Crippen LogP contribution in [0, 0.1) is 5.82 Å². The molecule has 4 nitrogen and oxygen atoms in total. The average Bonchev–Trinajstić information content (AvgIpc) is 2.57. The number of hydrogen-bond acceptors (Lipinski definition) is 2. The van der Waals surface area contributed by atoms with E-state index in [-0.39, 0.29) is 29.8 Å². The van der Waals surface area contributed by atoms with E-state index in [9.17, 15) is 4.39 Å². The molecule has 134 valence electrons. The topological polar surface area (TPSA) is 45.7 Å². The van der Waals surface area contributed by atoms with Crippen molar-refractivity contribution in [2.45, 2.75) is 26.2 Å². The Kier molecular flexibility index (Phi) is 10.7. The van der Waals surface area contributed by atoms with E-state index < -0.39 is 0 Å². The van der Waals surface area contributed by atoms with Crippen molar-refractivity contribution >= 4 is 29.9 Å². The number of nitrogens with one attached hydrogen (secondary N) is 2. The van der Waals surface area contributed by atoms with E-state index in [2.05, 4.69) is 21.7 Å². The lowest BCUT2D eigenvalue weighted by Crippen LogP contribution is -2.38. The fourth-order valence-corrected chi connectivity index (χ4v) is 2.47. The third-order valence-corrected chi connectivity index (χ3v) is 3.75. The fourth-order valence-electron chi connectivity index (χ4n) is 2.47. The normalized spacial score (nSPS) is 14.6. The first kappa shape index (κ1) is 20.9. The largest absolute Gasteiger partial charge is 0.377 e. The number of guanidine groups is 1. The monoisotopic (exact) mass is 447 g/mol. The minimum Gasteiger partial charge on any atom is -0.377 e. The van der Waals surface area contributed by atoms with Crippen molar-refractivity contribution in [3.05, 3.63) is 47.3 Å². The van der Waals surface area contributed by atoms with Crippen LogP contribution in [0.2, 0.25) is 0 Å². The highest BCUT2D eigenvalue weighted by atomic mass is 127. The molecular formula is C18H27FIN3O. The van der Waals surface area contributed by atoms with Gasteiger partial charge in [0.25, 0.3) is 0 Å². The van der Waals surface area contributed by atoms with Crippen LogP contribution in [0.1, 0.15) is 25.3 Å². The Hall–Kier alpha value is -1.15. The number of hydrogen-bond donors (Lipinski definition) is 2. The van der Waals surface area contributed by atoms with E-state index in [0.717, 1.165) is 45.1 Å². The molecule has 0 amide bonds. The lowest BCUT2D eigenvalue weighted by molar-refractivity contribution is 0.153. The molecule has 0 fully saturated rings. The van der Waals surface area contributed by atoms with Gasteiger partial charge < -0.3 is 15.4 Å². The Morgan fingerprint density at radius 1 is 1.25 bits per heavy atom. The zero-order valence-corrected chi connectivity index (χ0v) is 16.5. The summed E-state index contributed by atoms with van der Waals surface area (Å²) >= 11 is 0. The molecule has 0 saturated heterocycles. The predicted octanol–water partition coefficient (Wildman–Crippen LogP) is 3.28. The van der Waals surface area contributed by atoms with Crippen LogP contribution in [-0.4, -0.2) is 38.8 Å². The van der Waals surface area contributed by atoms with Gasteiger partial charge in [0.15, 0.2) is 5.96 Å². The van der Waals surface area contributed by atoms with E-state index in [1.165, 1.54) is 11.6 Å². The molecule has 1 aliphatic heterocycles. The van der Waals surface area contributed by atoms with Crippen LogP contribution in [0.4, 0.5) is 4.39 Å². The maximum Gasteiger partial charge on any atom is 0.191 e. The Morgan fingerprint density at radius 2 is 2.08 bits per heavy atom. The molecule has 0 unspecified atom stereocenters. The Balaban J connectivity index is 0.00000288. The average molecular weight is 447 g/mol. The summed E-state index contributed by atoms with van der Waals surface area (Å²) in [7, 11) is 0. The summed E-state index contributed by atoms with van der Waals surface area (Å²) in [6.07, 6.45) is 4.78. The summed E-state index contributed by atoms with van der Waals surface area (Å²) in [6.45, 7) is 5.80. The van der Waals surface area contributed by atoms with Gasteiger partial charge in [-0.3, -0.25) is 4.99 Å². The van der Waals surface area contributed by atoms with E-state index in [0.29, 0.717) is 18.5 Å². The van der Waals surface area contributed by atoms with E-state index in [1.54, 1.807) is 6.07 Å². The van der Waals surface area contributed by atoms with Crippen LogP contribution in [0.3, 0.4) is 0 Å². The van der Waals surface area contributed by atoms with Crippen LogP contribution in [0.25, 0.3) is 0 Å². The summed E-state index contributed by atoms with van der Waals surface area (Å²) < 4.78 is 18.9. The second kappa shape index (κ2) is 12.2. The second-order valence-electron chi connectivity index (χ2n) is 5.47. The predicted molar refractivity (Wildman–Crippen MR) is 108 cm³/mol. The van der Waals surface area contributed by atoms with E-state index in [1.807, 2.05) is 19.1 Å².